The molecule has 0 saturated heterocycles. The first-order valence-electron chi connectivity index (χ1n) is 10.0. The number of carbonyl (C=O) groups excluding carboxylic acids is 1. The minimum absolute atomic E-state index is 0.132. The van der Waals surface area contributed by atoms with Crippen LogP contribution in [0.5, 0.6) is 0 Å². The van der Waals surface area contributed by atoms with Crippen molar-refractivity contribution in [1.29, 1.82) is 0 Å². The highest BCUT2D eigenvalue weighted by Crippen LogP contribution is 2.39. The van der Waals surface area contributed by atoms with Crippen molar-refractivity contribution in [2.24, 2.45) is 0 Å². The largest absolute Gasteiger partial charge is 0.298 e. The van der Waals surface area contributed by atoms with Crippen molar-refractivity contribution in [3.05, 3.63) is 99.1 Å². The first kappa shape index (κ1) is 21.4. The lowest BCUT2D eigenvalue weighted by atomic mass is 10.0. The lowest BCUT2D eigenvalue weighted by molar-refractivity contribution is -0.384. The molecule has 4 aromatic rings. The van der Waals surface area contributed by atoms with Gasteiger partial charge in [-0.1, -0.05) is 59.4 Å². The molecule has 32 heavy (non-hydrogen) atoms. The van der Waals surface area contributed by atoms with Crippen LogP contribution in [0.25, 0.3) is 21.7 Å². The summed E-state index contributed by atoms with van der Waals surface area (Å²) in [6, 6.07) is 20.0. The molecule has 6 nitrogen and oxygen atoms in total. The zero-order chi connectivity index (χ0) is 22.8. The Kier molecular flexibility index (Phi) is 5.83. The van der Waals surface area contributed by atoms with Crippen LogP contribution in [-0.2, 0) is 0 Å². The standard InChI is InChI=1S/C25H21N3O3S/c1-15-7-10-18(11-8-15)23-22(19-12-9-16(2)17(3)13-19)26-25(32-23)27-24(29)20-5-4-6-21(14-20)28(30)31/h4-14H,1-3H3,(H,26,27,29). The number of anilines is 1. The van der Waals surface area contributed by atoms with Crippen molar-refractivity contribution >= 4 is 28.1 Å². The second-order valence-electron chi connectivity index (χ2n) is 7.62. The molecule has 0 fully saturated rings. The molecule has 4 rings (SSSR count). The van der Waals surface area contributed by atoms with E-state index in [1.54, 1.807) is 6.07 Å². The van der Waals surface area contributed by atoms with E-state index in [9.17, 15) is 14.9 Å². The van der Waals surface area contributed by atoms with Crippen molar-refractivity contribution in [1.82, 2.24) is 4.98 Å². The number of amides is 1. The van der Waals surface area contributed by atoms with Crippen LogP contribution in [-0.4, -0.2) is 15.8 Å². The average molecular weight is 444 g/mol. The van der Waals surface area contributed by atoms with Gasteiger partial charge in [0, 0.05) is 23.3 Å². The summed E-state index contributed by atoms with van der Waals surface area (Å²) in [5, 5.41) is 14.3. The number of aryl methyl sites for hydroxylation is 3. The van der Waals surface area contributed by atoms with Gasteiger partial charge in [-0.3, -0.25) is 20.2 Å². The van der Waals surface area contributed by atoms with Crippen molar-refractivity contribution in [2.45, 2.75) is 20.8 Å². The van der Waals surface area contributed by atoms with Crippen LogP contribution < -0.4 is 5.32 Å². The second-order valence-corrected chi connectivity index (χ2v) is 8.62. The molecule has 0 saturated carbocycles. The van der Waals surface area contributed by atoms with Crippen LogP contribution in [0.4, 0.5) is 10.8 Å². The summed E-state index contributed by atoms with van der Waals surface area (Å²) in [5.74, 6) is -0.440. The molecule has 0 aliphatic carbocycles. The van der Waals surface area contributed by atoms with Gasteiger partial charge in [-0.15, -0.1) is 0 Å². The number of nitro benzene ring substituents is 1. The van der Waals surface area contributed by atoms with E-state index in [0.29, 0.717) is 5.13 Å². The summed E-state index contributed by atoms with van der Waals surface area (Å²) < 4.78 is 0. The number of benzene rings is 3. The highest BCUT2D eigenvalue weighted by molar-refractivity contribution is 7.19. The smallest absolute Gasteiger partial charge is 0.270 e. The Labute approximate surface area is 189 Å². The number of hydrogen-bond acceptors (Lipinski definition) is 5. The summed E-state index contributed by atoms with van der Waals surface area (Å²) in [6.07, 6.45) is 0. The second kappa shape index (κ2) is 8.72. The lowest BCUT2D eigenvalue weighted by Gasteiger charge is -2.06. The molecule has 7 heteroatoms. The molecule has 1 amide bonds. The van der Waals surface area contributed by atoms with Gasteiger partial charge in [-0.25, -0.2) is 4.98 Å². The number of carbonyl (C=O) groups is 1. The van der Waals surface area contributed by atoms with Gasteiger partial charge in [0.25, 0.3) is 11.6 Å². The minimum atomic E-state index is -0.520. The average Bonchev–Trinajstić information content (AvgIpc) is 3.20. The van der Waals surface area contributed by atoms with Crippen LogP contribution >= 0.6 is 11.3 Å². The third kappa shape index (κ3) is 4.43. The number of aromatic nitrogens is 1. The summed E-state index contributed by atoms with van der Waals surface area (Å²) >= 11 is 1.38. The molecule has 3 aromatic carbocycles. The number of rotatable bonds is 5. The van der Waals surface area contributed by atoms with E-state index >= 15 is 0 Å². The first-order valence-corrected chi connectivity index (χ1v) is 10.8. The van der Waals surface area contributed by atoms with Crippen LogP contribution in [0.1, 0.15) is 27.0 Å². The summed E-state index contributed by atoms with van der Waals surface area (Å²) in [7, 11) is 0. The molecular weight excluding hydrogens is 422 g/mol. The fourth-order valence-corrected chi connectivity index (χ4v) is 4.28. The van der Waals surface area contributed by atoms with Crippen LogP contribution in [0.15, 0.2) is 66.7 Å². The van der Waals surface area contributed by atoms with Gasteiger partial charge in [0.1, 0.15) is 0 Å². The van der Waals surface area contributed by atoms with Crippen molar-refractivity contribution < 1.29 is 9.72 Å². The molecule has 1 N–H and O–H groups in total. The predicted molar refractivity (Wildman–Crippen MR) is 128 cm³/mol. The number of nitrogens with one attached hydrogen (secondary N) is 1. The minimum Gasteiger partial charge on any atom is -0.298 e. The molecule has 0 aliphatic rings. The molecule has 0 aliphatic heterocycles. The fraction of sp³-hybridized carbons (Fsp3) is 0.120. The Morgan fingerprint density at radius 3 is 2.34 bits per heavy atom. The maximum absolute atomic E-state index is 12.8. The molecule has 1 heterocycles. The molecule has 160 valence electrons. The van der Waals surface area contributed by atoms with Crippen LogP contribution in [0, 0.1) is 30.9 Å². The highest BCUT2D eigenvalue weighted by atomic mass is 32.1. The Morgan fingerprint density at radius 2 is 1.66 bits per heavy atom. The summed E-state index contributed by atoms with van der Waals surface area (Å²) in [5.41, 5.74) is 6.36. The zero-order valence-corrected chi connectivity index (χ0v) is 18.7. The number of hydrogen-bond donors (Lipinski definition) is 1. The van der Waals surface area contributed by atoms with E-state index in [-0.39, 0.29) is 11.3 Å². The topological polar surface area (TPSA) is 85.1 Å². The molecular formula is C25H21N3O3S. The van der Waals surface area contributed by atoms with Gasteiger partial charge in [0.2, 0.25) is 0 Å². The van der Waals surface area contributed by atoms with Crippen molar-refractivity contribution in [3.63, 3.8) is 0 Å². The molecule has 0 radical (unpaired) electrons. The molecule has 1 aromatic heterocycles. The predicted octanol–water partition coefficient (Wildman–Crippen LogP) is 6.56. The van der Waals surface area contributed by atoms with Gasteiger partial charge in [-0.05, 0) is 49.6 Å². The lowest BCUT2D eigenvalue weighted by Crippen LogP contribution is -2.11. The Morgan fingerprint density at radius 1 is 0.938 bits per heavy atom. The van der Waals surface area contributed by atoms with Gasteiger partial charge in [-0.2, -0.15) is 0 Å². The van der Waals surface area contributed by atoms with Crippen molar-refractivity contribution in [2.75, 3.05) is 5.32 Å². The SMILES string of the molecule is Cc1ccc(-c2sc(NC(=O)c3cccc([N+](=O)[O-])c3)nc2-c2ccc(C)c(C)c2)cc1. The van der Waals surface area contributed by atoms with E-state index in [0.717, 1.165) is 32.8 Å². The summed E-state index contributed by atoms with van der Waals surface area (Å²) in [4.78, 5) is 28.9. The highest BCUT2D eigenvalue weighted by Gasteiger charge is 2.18. The number of nitro groups is 1. The summed E-state index contributed by atoms with van der Waals surface area (Å²) in [6.45, 7) is 6.15. The van der Waals surface area contributed by atoms with Gasteiger partial charge >= 0.3 is 0 Å². The Hall–Kier alpha value is -3.84. The molecule has 0 bridgehead atoms. The first-order chi connectivity index (χ1) is 15.3. The Balaban J connectivity index is 1.74. The van der Waals surface area contributed by atoms with E-state index in [1.165, 1.54) is 35.1 Å². The molecule has 0 spiro atoms. The van der Waals surface area contributed by atoms with Gasteiger partial charge in [0.05, 0.1) is 15.5 Å². The van der Waals surface area contributed by atoms with E-state index in [1.807, 2.05) is 37.3 Å². The number of nitrogens with zero attached hydrogens (tertiary/aromatic N) is 2. The zero-order valence-electron chi connectivity index (χ0n) is 17.9. The maximum Gasteiger partial charge on any atom is 0.270 e. The number of non-ortho nitro benzene ring substituents is 1. The normalized spacial score (nSPS) is 10.7. The Bertz CT molecular complexity index is 1330. The third-order valence-corrected chi connectivity index (χ3v) is 6.28. The van der Waals surface area contributed by atoms with Gasteiger partial charge in [0.15, 0.2) is 5.13 Å². The maximum atomic E-state index is 12.8. The van der Waals surface area contributed by atoms with E-state index in [4.69, 9.17) is 4.98 Å². The third-order valence-electron chi connectivity index (χ3n) is 5.26. The van der Waals surface area contributed by atoms with Crippen LogP contribution in [0.2, 0.25) is 0 Å². The molecule has 0 atom stereocenters. The van der Waals surface area contributed by atoms with E-state index < -0.39 is 10.8 Å². The van der Waals surface area contributed by atoms with Crippen molar-refractivity contribution in [3.8, 4) is 21.7 Å². The molecule has 0 unspecified atom stereocenters. The number of thiazole rings is 1. The van der Waals surface area contributed by atoms with E-state index in [2.05, 4.69) is 31.3 Å². The quantitative estimate of drug-likeness (QED) is 0.279. The monoisotopic (exact) mass is 443 g/mol. The van der Waals surface area contributed by atoms with Crippen LogP contribution in [0.3, 0.4) is 0 Å². The fourth-order valence-electron chi connectivity index (χ4n) is 3.29. The van der Waals surface area contributed by atoms with Gasteiger partial charge < -0.3 is 0 Å².